The highest BCUT2D eigenvalue weighted by Gasteiger charge is 2.15. The van der Waals surface area contributed by atoms with Crippen LogP contribution < -0.4 is 5.73 Å². The molecule has 3 N–H and O–H groups in total. The number of rotatable bonds is 5. The van der Waals surface area contributed by atoms with Gasteiger partial charge < -0.3 is 15.4 Å². The summed E-state index contributed by atoms with van der Waals surface area (Å²) in [6, 6.07) is 0. The summed E-state index contributed by atoms with van der Waals surface area (Å²) in [7, 11) is 2.94. The number of aromatic nitrogens is 3. The predicted molar refractivity (Wildman–Crippen MR) is 59.0 cm³/mol. The molecule has 0 radical (unpaired) electrons. The number of anilines is 1. The minimum Gasteiger partial charge on any atom is -0.469 e. The monoisotopic (exact) mass is 241 g/mol. The molecule has 0 saturated carbocycles. The van der Waals surface area contributed by atoms with E-state index in [1.165, 1.54) is 12.0 Å². The molecule has 0 spiro atoms. The molecule has 1 amide bonds. The van der Waals surface area contributed by atoms with Crippen molar-refractivity contribution in [3.8, 4) is 0 Å². The molecule has 1 heterocycles. The van der Waals surface area contributed by atoms with Gasteiger partial charge in [0, 0.05) is 20.0 Å². The highest BCUT2D eigenvalue weighted by molar-refractivity contribution is 5.90. The topological polar surface area (TPSA) is 114 Å². The third-order valence-corrected chi connectivity index (χ3v) is 2.15. The van der Waals surface area contributed by atoms with Gasteiger partial charge in [-0.1, -0.05) is 0 Å². The van der Waals surface area contributed by atoms with Crippen LogP contribution in [0.15, 0.2) is 0 Å². The first-order valence-electron chi connectivity index (χ1n) is 5.04. The zero-order valence-corrected chi connectivity index (χ0v) is 9.77. The highest BCUT2D eigenvalue weighted by atomic mass is 16.5. The van der Waals surface area contributed by atoms with E-state index in [0.717, 1.165) is 0 Å². The van der Waals surface area contributed by atoms with Crippen LogP contribution in [0.25, 0.3) is 0 Å². The Bertz CT molecular complexity index is 403. The summed E-state index contributed by atoms with van der Waals surface area (Å²) in [5.41, 5.74) is 5.29. The predicted octanol–water partition coefficient (Wildman–Crippen LogP) is -0.588. The summed E-state index contributed by atoms with van der Waals surface area (Å²) in [5, 5.41) is 5.99. The Hall–Kier alpha value is -2.12. The first-order valence-corrected chi connectivity index (χ1v) is 5.04. The first-order chi connectivity index (χ1) is 8.04. The van der Waals surface area contributed by atoms with Gasteiger partial charge in [0.15, 0.2) is 0 Å². The van der Waals surface area contributed by atoms with Crippen LogP contribution in [-0.2, 0) is 9.53 Å². The summed E-state index contributed by atoms with van der Waals surface area (Å²) in [5.74, 6) is -0.506. The van der Waals surface area contributed by atoms with E-state index < -0.39 is 0 Å². The first kappa shape index (κ1) is 12.9. The summed E-state index contributed by atoms with van der Waals surface area (Å²) < 4.78 is 4.49. The van der Waals surface area contributed by atoms with Crippen molar-refractivity contribution in [2.45, 2.75) is 12.8 Å². The molecular weight excluding hydrogens is 226 g/mol. The molecule has 1 aromatic rings. The molecule has 1 aromatic heterocycles. The Morgan fingerprint density at radius 3 is 2.76 bits per heavy atom. The van der Waals surface area contributed by atoms with Gasteiger partial charge in [0.2, 0.25) is 11.8 Å². The van der Waals surface area contributed by atoms with E-state index in [0.29, 0.717) is 13.0 Å². The maximum absolute atomic E-state index is 11.7. The number of hydrogen-bond donors (Lipinski definition) is 2. The smallest absolute Gasteiger partial charge is 0.305 e. The summed E-state index contributed by atoms with van der Waals surface area (Å²) in [6.45, 7) is 0.425. The third-order valence-electron chi connectivity index (χ3n) is 2.15. The Balaban J connectivity index is 2.40. The summed E-state index contributed by atoms with van der Waals surface area (Å²) in [4.78, 5) is 27.7. The summed E-state index contributed by atoms with van der Waals surface area (Å²) >= 11 is 0. The molecule has 94 valence electrons. The van der Waals surface area contributed by atoms with Gasteiger partial charge in [0.25, 0.3) is 5.91 Å². The number of nitrogens with one attached hydrogen (secondary N) is 1. The van der Waals surface area contributed by atoms with Gasteiger partial charge in [-0.05, 0) is 6.42 Å². The standard InChI is InChI=1S/C9H15N5O3/c1-14(5-3-4-6(15)17-2)8(16)7-11-9(10)13-12-7/h3-5H2,1-2H3,(H3,10,11,12,13). The van der Waals surface area contributed by atoms with Crippen LogP contribution in [0.2, 0.25) is 0 Å². The lowest BCUT2D eigenvalue weighted by Crippen LogP contribution is -2.29. The van der Waals surface area contributed by atoms with Crippen molar-refractivity contribution in [2.24, 2.45) is 0 Å². The Morgan fingerprint density at radius 2 is 2.24 bits per heavy atom. The van der Waals surface area contributed by atoms with Gasteiger partial charge in [0.05, 0.1) is 7.11 Å². The largest absolute Gasteiger partial charge is 0.469 e. The molecule has 0 aliphatic rings. The van der Waals surface area contributed by atoms with Crippen LogP contribution in [0.1, 0.15) is 23.5 Å². The van der Waals surface area contributed by atoms with Crippen molar-refractivity contribution in [2.75, 3.05) is 26.4 Å². The average molecular weight is 241 g/mol. The average Bonchev–Trinajstić information content (AvgIpc) is 2.74. The lowest BCUT2D eigenvalue weighted by Gasteiger charge is -2.14. The fourth-order valence-electron chi connectivity index (χ4n) is 1.22. The van der Waals surface area contributed by atoms with Crippen LogP contribution in [0.3, 0.4) is 0 Å². The molecule has 8 nitrogen and oxygen atoms in total. The normalized spacial score (nSPS) is 10.0. The number of esters is 1. The van der Waals surface area contributed by atoms with Gasteiger partial charge in [-0.3, -0.25) is 14.7 Å². The SMILES string of the molecule is COC(=O)CCCN(C)C(=O)c1nc(N)n[nH]1. The molecule has 0 bridgehead atoms. The zero-order valence-electron chi connectivity index (χ0n) is 9.77. The van der Waals surface area contributed by atoms with E-state index in [2.05, 4.69) is 19.9 Å². The quantitative estimate of drug-likeness (QED) is 0.666. The molecule has 8 heteroatoms. The fraction of sp³-hybridized carbons (Fsp3) is 0.556. The number of hydrogen-bond acceptors (Lipinski definition) is 6. The van der Waals surface area contributed by atoms with Crippen LogP contribution in [-0.4, -0.2) is 52.7 Å². The van der Waals surface area contributed by atoms with E-state index in [-0.39, 0.29) is 30.1 Å². The van der Waals surface area contributed by atoms with E-state index in [1.807, 2.05) is 0 Å². The Morgan fingerprint density at radius 1 is 1.53 bits per heavy atom. The third kappa shape index (κ3) is 3.74. The van der Waals surface area contributed by atoms with Crippen molar-refractivity contribution >= 4 is 17.8 Å². The van der Waals surface area contributed by atoms with Gasteiger partial charge >= 0.3 is 5.97 Å². The number of carbonyl (C=O) groups excluding carboxylic acids is 2. The Kier molecular flexibility index (Phi) is 4.44. The molecule has 0 unspecified atom stereocenters. The molecule has 0 aliphatic heterocycles. The number of methoxy groups -OCH3 is 1. The summed E-state index contributed by atoms with van der Waals surface area (Å²) in [6.07, 6.45) is 0.797. The lowest BCUT2D eigenvalue weighted by atomic mass is 10.3. The van der Waals surface area contributed by atoms with Gasteiger partial charge in [-0.15, -0.1) is 5.10 Å². The zero-order chi connectivity index (χ0) is 12.8. The minimum absolute atomic E-state index is 0.0244. The molecular formula is C9H15N5O3. The van der Waals surface area contributed by atoms with Crippen molar-refractivity contribution in [3.63, 3.8) is 0 Å². The van der Waals surface area contributed by atoms with Gasteiger partial charge in [0.1, 0.15) is 0 Å². The number of nitrogens with two attached hydrogens (primary N) is 1. The molecule has 0 atom stereocenters. The van der Waals surface area contributed by atoms with Crippen molar-refractivity contribution < 1.29 is 14.3 Å². The molecule has 17 heavy (non-hydrogen) atoms. The van der Waals surface area contributed by atoms with Crippen LogP contribution in [0.4, 0.5) is 5.95 Å². The van der Waals surface area contributed by atoms with Gasteiger partial charge in [-0.25, -0.2) is 0 Å². The molecule has 1 rings (SSSR count). The van der Waals surface area contributed by atoms with E-state index in [1.54, 1.807) is 7.05 Å². The molecule has 0 saturated heterocycles. The second-order valence-electron chi connectivity index (χ2n) is 3.45. The highest BCUT2D eigenvalue weighted by Crippen LogP contribution is 2.01. The molecule has 0 fully saturated rings. The fourth-order valence-corrected chi connectivity index (χ4v) is 1.22. The van der Waals surface area contributed by atoms with E-state index >= 15 is 0 Å². The number of amides is 1. The number of aromatic amines is 1. The van der Waals surface area contributed by atoms with Crippen LogP contribution in [0, 0.1) is 0 Å². The van der Waals surface area contributed by atoms with Crippen molar-refractivity contribution in [3.05, 3.63) is 5.82 Å². The number of nitrogens with zero attached hydrogens (tertiary/aromatic N) is 3. The molecule has 0 aliphatic carbocycles. The van der Waals surface area contributed by atoms with E-state index in [9.17, 15) is 9.59 Å². The second kappa shape index (κ2) is 5.83. The van der Waals surface area contributed by atoms with Gasteiger partial charge in [-0.2, -0.15) is 4.98 Å². The van der Waals surface area contributed by atoms with Crippen LogP contribution in [0.5, 0.6) is 0 Å². The number of ether oxygens (including phenoxy) is 1. The minimum atomic E-state index is -0.320. The van der Waals surface area contributed by atoms with Crippen molar-refractivity contribution in [1.82, 2.24) is 20.1 Å². The van der Waals surface area contributed by atoms with E-state index in [4.69, 9.17) is 5.73 Å². The number of carbonyl (C=O) groups is 2. The maximum atomic E-state index is 11.7. The maximum Gasteiger partial charge on any atom is 0.305 e. The van der Waals surface area contributed by atoms with Crippen LogP contribution >= 0.6 is 0 Å². The Labute approximate surface area is 98.1 Å². The molecule has 0 aromatic carbocycles. The lowest BCUT2D eigenvalue weighted by molar-refractivity contribution is -0.140. The number of H-pyrrole nitrogens is 1. The second-order valence-corrected chi connectivity index (χ2v) is 3.45. The number of nitrogen functional groups attached to an aromatic ring is 1. The van der Waals surface area contributed by atoms with Crippen molar-refractivity contribution in [1.29, 1.82) is 0 Å².